The zero-order chi connectivity index (χ0) is 16.7. The van der Waals surface area contributed by atoms with E-state index in [9.17, 15) is 9.59 Å². The van der Waals surface area contributed by atoms with Crippen molar-refractivity contribution in [3.8, 4) is 5.75 Å². The number of rotatable bonds is 6. The SMILES string of the molecule is COC(=O)c1cccc(N=Cc2ccc(OCC(N)=O)cc2)c1. The normalized spacial score (nSPS) is 10.5. The fraction of sp³-hybridized carbons (Fsp3) is 0.118. The van der Waals surface area contributed by atoms with Crippen LogP contribution in [0, 0.1) is 0 Å². The molecule has 0 radical (unpaired) electrons. The summed E-state index contributed by atoms with van der Waals surface area (Å²) in [5.74, 6) is -0.382. The number of ether oxygens (including phenoxy) is 2. The first-order valence-corrected chi connectivity index (χ1v) is 6.82. The van der Waals surface area contributed by atoms with Crippen LogP contribution >= 0.6 is 0 Å². The Bertz CT molecular complexity index is 724. The highest BCUT2D eigenvalue weighted by molar-refractivity contribution is 5.90. The monoisotopic (exact) mass is 312 g/mol. The van der Waals surface area contributed by atoms with Crippen LogP contribution in [0.1, 0.15) is 15.9 Å². The molecule has 0 unspecified atom stereocenters. The first kappa shape index (κ1) is 16.2. The molecule has 6 heteroatoms. The Morgan fingerprint density at radius 3 is 2.57 bits per heavy atom. The summed E-state index contributed by atoms with van der Waals surface area (Å²) >= 11 is 0. The number of hydrogen-bond donors (Lipinski definition) is 1. The summed E-state index contributed by atoms with van der Waals surface area (Å²) in [5, 5.41) is 0. The van der Waals surface area contributed by atoms with E-state index < -0.39 is 11.9 Å². The van der Waals surface area contributed by atoms with Crippen molar-refractivity contribution in [1.82, 2.24) is 0 Å². The third-order valence-corrected chi connectivity index (χ3v) is 2.89. The predicted octanol–water partition coefficient (Wildman–Crippen LogP) is 2.09. The number of nitrogens with zero attached hydrogens (tertiary/aromatic N) is 1. The molecule has 0 aliphatic rings. The van der Waals surface area contributed by atoms with E-state index in [1.54, 1.807) is 54.7 Å². The molecule has 0 fully saturated rings. The Labute approximate surface area is 133 Å². The predicted molar refractivity (Wildman–Crippen MR) is 86.2 cm³/mol. The summed E-state index contributed by atoms with van der Waals surface area (Å²) in [7, 11) is 1.33. The van der Waals surface area contributed by atoms with Crippen LogP contribution in [0.3, 0.4) is 0 Å². The summed E-state index contributed by atoms with van der Waals surface area (Å²) < 4.78 is 9.84. The molecule has 0 spiro atoms. The van der Waals surface area contributed by atoms with Gasteiger partial charge < -0.3 is 15.2 Å². The van der Waals surface area contributed by atoms with Gasteiger partial charge in [-0.2, -0.15) is 0 Å². The maximum atomic E-state index is 11.5. The van der Waals surface area contributed by atoms with Gasteiger partial charge in [-0.05, 0) is 48.0 Å². The Morgan fingerprint density at radius 2 is 1.91 bits per heavy atom. The molecule has 2 rings (SSSR count). The van der Waals surface area contributed by atoms with Crippen LogP contribution in [0.25, 0.3) is 0 Å². The van der Waals surface area contributed by atoms with Gasteiger partial charge in [-0.15, -0.1) is 0 Å². The van der Waals surface area contributed by atoms with Gasteiger partial charge in [-0.3, -0.25) is 9.79 Å². The molecule has 118 valence electrons. The molecule has 2 aromatic rings. The molecular formula is C17H16N2O4. The van der Waals surface area contributed by atoms with Gasteiger partial charge in [0, 0.05) is 6.21 Å². The van der Waals surface area contributed by atoms with E-state index in [4.69, 9.17) is 10.5 Å². The molecule has 0 aliphatic heterocycles. The van der Waals surface area contributed by atoms with Gasteiger partial charge in [0.05, 0.1) is 18.4 Å². The van der Waals surface area contributed by atoms with Crippen LogP contribution in [0.2, 0.25) is 0 Å². The standard InChI is InChI=1S/C17H16N2O4/c1-22-17(21)13-3-2-4-14(9-13)19-10-12-5-7-15(8-6-12)23-11-16(18)20/h2-10H,11H2,1H3,(H2,18,20). The molecule has 0 atom stereocenters. The fourth-order valence-corrected chi connectivity index (χ4v) is 1.78. The van der Waals surface area contributed by atoms with Gasteiger partial charge in [-0.1, -0.05) is 6.07 Å². The number of aliphatic imine (C=N–C) groups is 1. The first-order chi connectivity index (χ1) is 11.1. The smallest absolute Gasteiger partial charge is 0.337 e. The lowest BCUT2D eigenvalue weighted by molar-refractivity contribution is -0.119. The second-order valence-electron chi connectivity index (χ2n) is 4.62. The highest BCUT2D eigenvalue weighted by atomic mass is 16.5. The minimum atomic E-state index is -0.527. The largest absolute Gasteiger partial charge is 0.484 e. The van der Waals surface area contributed by atoms with Gasteiger partial charge in [0.25, 0.3) is 5.91 Å². The number of methoxy groups -OCH3 is 1. The zero-order valence-corrected chi connectivity index (χ0v) is 12.6. The van der Waals surface area contributed by atoms with Crippen LogP contribution in [0.4, 0.5) is 5.69 Å². The van der Waals surface area contributed by atoms with Crippen LogP contribution in [-0.2, 0) is 9.53 Å². The highest BCUT2D eigenvalue weighted by Crippen LogP contribution is 2.16. The summed E-state index contributed by atoms with van der Waals surface area (Å²) in [6.45, 7) is -0.159. The Balaban J connectivity index is 2.05. The van der Waals surface area contributed by atoms with Gasteiger partial charge in [0.1, 0.15) is 5.75 Å². The molecule has 0 saturated carbocycles. The van der Waals surface area contributed by atoms with Crippen molar-refractivity contribution in [2.75, 3.05) is 13.7 Å². The Kier molecular flexibility index (Phi) is 5.46. The minimum absolute atomic E-state index is 0.159. The van der Waals surface area contributed by atoms with E-state index in [0.717, 1.165) is 5.56 Å². The van der Waals surface area contributed by atoms with E-state index >= 15 is 0 Å². The molecule has 0 heterocycles. The number of benzene rings is 2. The summed E-state index contributed by atoms with van der Waals surface area (Å²) in [5.41, 5.74) is 6.94. The summed E-state index contributed by atoms with van der Waals surface area (Å²) in [6, 6.07) is 13.9. The van der Waals surface area contributed by atoms with Crippen molar-refractivity contribution in [2.45, 2.75) is 0 Å². The fourth-order valence-electron chi connectivity index (χ4n) is 1.78. The third-order valence-electron chi connectivity index (χ3n) is 2.89. The van der Waals surface area contributed by atoms with E-state index in [0.29, 0.717) is 17.0 Å². The average molecular weight is 312 g/mol. The number of primary amides is 1. The molecule has 2 aromatic carbocycles. The van der Waals surface area contributed by atoms with Gasteiger partial charge in [0.15, 0.2) is 6.61 Å². The zero-order valence-electron chi connectivity index (χ0n) is 12.6. The lowest BCUT2D eigenvalue weighted by atomic mass is 10.2. The molecule has 2 N–H and O–H groups in total. The lowest BCUT2D eigenvalue weighted by Crippen LogP contribution is -2.19. The van der Waals surface area contributed by atoms with Gasteiger partial charge >= 0.3 is 5.97 Å². The van der Waals surface area contributed by atoms with E-state index in [1.807, 2.05) is 0 Å². The molecule has 0 aromatic heterocycles. The molecular weight excluding hydrogens is 296 g/mol. The first-order valence-electron chi connectivity index (χ1n) is 6.82. The van der Waals surface area contributed by atoms with Crippen molar-refractivity contribution >= 4 is 23.8 Å². The van der Waals surface area contributed by atoms with Crippen LogP contribution in [0.15, 0.2) is 53.5 Å². The van der Waals surface area contributed by atoms with Crippen LogP contribution in [0.5, 0.6) is 5.75 Å². The summed E-state index contributed by atoms with van der Waals surface area (Å²) in [4.78, 5) is 26.4. The minimum Gasteiger partial charge on any atom is -0.484 e. The quantitative estimate of drug-likeness (QED) is 0.653. The number of esters is 1. The van der Waals surface area contributed by atoms with Crippen LogP contribution in [-0.4, -0.2) is 31.8 Å². The number of hydrogen-bond acceptors (Lipinski definition) is 5. The number of carbonyl (C=O) groups is 2. The Hall–Kier alpha value is -3.15. The molecule has 0 aliphatic carbocycles. The molecule has 1 amide bonds. The van der Waals surface area contributed by atoms with Crippen molar-refractivity contribution < 1.29 is 19.1 Å². The van der Waals surface area contributed by atoms with Crippen molar-refractivity contribution in [3.05, 3.63) is 59.7 Å². The van der Waals surface area contributed by atoms with E-state index in [-0.39, 0.29) is 6.61 Å². The number of amides is 1. The second kappa shape index (κ2) is 7.74. The third kappa shape index (κ3) is 4.96. The van der Waals surface area contributed by atoms with Crippen molar-refractivity contribution in [3.63, 3.8) is 0 Å². The van der Waals surface area contributed by atoms with E-state index in [1.165, 1.54) is 7.11 Å². The highest BCUT2D eigenvalue weighted by Gasteiger charge is 2.04. The second-order valence-corrected chi connectivity index (χ2v) is 4.62. The number of carbonyl (C=O) groups excluding carboxylic acids is 2. The van der Waals surface area contributed by atoms with E-state index in [2.05, 4.69) is 9.73 Å². The van der Waals surface area contributed by atoms with Gasteiger partial charge in [-0.25, -0.2) is 4.79 Å². The maximum Gasteiger partial charge on any atom is 0.337 e. The topological polar surface area (TPSA) is 91.0 Å². The lowest BCUT2D eigenvalue weighted by Gasteiger charge is -2.03. The summed E-state index contributed by atoms with van der Waals surface area (Å²) in [6.07, 6.45) is 1.66. The molecule has 23 heavy (non-hydrogen) atoms. The van der Waals surface area contributed by atoms with Crippen molar-refractivity contribution in [2.24, 2.45) is 10.7 Å². The Morgan fingerprint density at radius 1 is 1.17 bits per heavy atom. The maximum absolute atomic E-state index is 11.5. The van der Waals surface area contributed by atoms with Gasteiger partial charge in [0.2, 0.25) is 0 Å². The van der Waals surface area contributed by atoms with Crippen LogP contribution < -0.4 is 10.5 Å². The molecule has 0 saturated heterocycles. The molecule has 6 nitrogen and oxygen atoms in total. The average Bonchev–Trinajstić information content (AvgIpc) is 2.58. The van der Waals surface area contributed by atoms with Crippen molar-refractivity contribution in [1.29, 1.82) is 0 Å². The molecule has 0 bridgehead atoms. The number of nitrogens with two attached hydrogens (primary N) is 1.